The van der Waals surface area contributed by atoms with Crippen molar-refractivity contribution in [1.29, 1.82) is 0 Å². The number of anilines is 1. The molecule has 138 valence electrons. The lowest BCUT2D eigenvalue weighted by Gasteiger charge is -2.12. The first-order valence-electron chi connectivity index (χ1n) is 8.71. The van der Waals surface area contributed by atoms with Gasteiger partial charge in [-0.3, -0.25) is 4.79 Å². The number of nitrogens with one attached hydrogen (secondary N) is 1. The van der Waals surface area contributed by atoms with E-state index in [1.54, 1.807) is 18.3 Å². The molecule has 5 nitrogen and oxygen atoms in total. The molecule has 1 amide bonds. The van der Waals surface area contributed by atoms with Crippen LogP contribution >= 0.6 is 0 Å². The number of hydrogen-bond acceptors (Lipinski definition) is 4. The van der Waals surface area contributed by atoms with Crippen LogP contribution in [-0.4, -0.2) is 17.5 Å². The summed E-state index contributed by atoms with van der Waals surface area (Å²) in [5.41, 5.74) is 3.75. The molecule has 0 atom stereocenters. The standard InChI is InChI=1S/C22H22N2O3/c1-15-7-10-19(11-8-15)27-21-12-9-18(13-23-21)24-20(25)14-26-22-16(2)5-4-6-17(22)3/h4-13H,14H2,1-3H3,(H,24,25). The van der Waals surface area contributed by atoms with Gasteiger partial charge in [-0.15, -0.1) is 0 Å². The summed E-state index contributed by atoms with van der Waals surface area (Å²) in [4.78, 5) is 16.3. The number of carbonyl (C=O) groups is 1. The van der Waals surface area contributed by atoms with E-state index in [0.717, 1.165) is 22.4 Å². The fourth-order valence-corrected chi connectivity index (χ4v) is 2.60. The minimum atomic E-state index is -0.244. The first-order chi connectivity index (χ1) is 13.0. The molecule has 0 radical (unpaired) electrons. The van der Waals surface area contributed by atoms with E-state index in [0.29, 0.717) is 17.3 Å². The third-order valence-corrected chi connectivity index (χ3v) is 4.02. The lowest BCUT2D eigenvalue weighted by atomic mass is 10.1. The summed E-state index contributed by atoms with van der Waals surface area (Å²) in [5.74, 6) is 1.68. The second-order valence-corrected chi connectivity index (χ2v) is 6.36. The van der Waals surface area contributed by atoms with Crippen LogP contribution in [0.1, 0.15) is 16.7 Å². The van der Waals surface area contributed by atoms with Crippen LogP contribution in [0.5, 0.6) is 17.4 Å². The van der Waals surface area contributed by atoms with Gasteiger partial charge in [-0.05, 0) is 50.1 Å². The van der Waals surface area contributed by atoms with Crippen molar-refractivity contribution in [3.8, 4) is 17.4 Å². The zero-order valence-corrected chi connectivity index (χ0v) is 15.7. The van der Waals surface area contributed by atoms with Crippen LogP contribution < -0.4 is 14.8 Å². The summed E-state index contributed by atoms with van der Waals surface area (Å²) in [6.07, 6.45) is 1.56. The Hall–Kier alpha value is -3.34. The normalized spacial score (nSPS) is 10.3. The zero-order chi connectivity index (χ0) is 19.2. The average molecular weight is 362 g/mol. The summed E-state index contributed by atoms with van der Waals surface area (Å²) < 4.78 is 11.3. The van der Waals surface area contributed by atoms with Crippen molar-refractivity contribution >= 4 is 11.6 Å². The lowest BCUT2D eigenvalue weighted by molar-refractivity contribution is -0.118. The van der Waals surface area contributed by atoms with Crippen molar-refractivity contribution < 1.29 is 14.3 Å². The minimum absolute atomic E-state index is 0.0622. The van der Waals surface area contributed by atoms with Gasteiger partial charge in [-0.25, -0.2) is 4.98 Å². The number of ether oxygens (including phenoxy) is 2. The molecule has 0 aliphatic rings. The van der Waals surface area contributed by atoms with Gasteiger partial charge in [0, 0.05) is 6.07 Å². The summed E-state index contributed by atoms with van der Waals surface area (Å²) in [6.45, 7) is 5.87. The fourth-order valence-electron chi connectivity index (χ4n) is 2.60. The molecule has 2 aromatic carbocycles. The average Bonchev–Trinajstić information content (AvgIpc) is 2.65. The Morgan fingerprint density at radius 2 is 1.67 bits per heavy atom. The van der Waals surface area contributed by atoms with Gasteiger partial charge in [0.25, 0.3) is 5.91 Å². The van der Waals surface area contributed by atoms with E-state index in [9.17, 15) is 4.79 Å². The third kappa shape index (κ3) is 5.07. The van der Waals surface area contributed by atoms with Gasteiger partial charge in [0.05, 0.1) is 11.9 Å². The molecule has 0 saturated heterocycles. The molecule has 27 heavy (non-hydrogen) atoms. The second-order valence-electron chi connectivity index (χ2n) is 6.36. The van der Waals surface area contributed by atoms with Crippen molar-refractivity contribution in [2.24, 2.45) is 0 Å². The highest BCUT2D eigenvalue weighted by molar-refractivity contribution is 5.91. The first-order valence-corrected chi connectivity index (χ1v) is 8.71. The lowest BCUT2D eigenvalue weighted by Crippen LogP contribution is -2.20. The molecule has 0 spiro atoms. The minimum Gasteiger partial charge on any atom is -0.483 e. The number of aryl methyl sites for hydroxylation is 3. The van der Waals surface area contributed by atoms with Crippen molar-refractivity contribution in [2.75, 3.05) is 11.9 Å². The third-order valence-electron chi connectivity index (χ3n) is 4.02. The monoisotopic (exact) mass is 362 g/mol. The van der Waals surface area contributed by atoms with Gasteiger partial charge in [-0.2, -0.15) is 0 Å². The van der Waals surface area contributed by atoms with E-state index in [1.165, 1.54) is 0 Å². The SMILES string of the molecule is Cc1ccc(Oc2ccc(NC(=O)COc3c(C)cccc3C)cn2)cc1. The van der Waals surface area contributed by atoms with Crippen molar-refractivity contribution in [3.05, 3.63) is 77.5 Å². The smallest absolute Gasteiger partial charge is 0.262 e. The van der Waals surface area contributed by atoms with E-state index >= 15 is 0 Å². The van der Waals surface area contributed by atoms with Crippen LogP contribution in [0.4, 0.5) is 5.69 Å². The van der Waals surface area contributed by atoms with Gasteiger partial charge in [0.15, 0.2) is 6.61 Å². The van der Waals surface area contributed by atoms with Crippen LogP contribution in [-0.2, 0) is 4.79 Å². The molecule has 1 heterocycles. The predicted octanol–water partition coefficient (Wildman–Crippen LogP) is 4.82. The summed E-state index contributed by atoms with van der Waals surface area (Å²) in [7, 11) is 0. The predicted molar refractivity (Wildman–Crippen MR) is 106 cm³/mol. The van der Waals surface area contributed by atoms with Crippen LogP contribution in [0.25, 0.3) is 0 Å². The molecule has 0 unspecified atom stereocenters. The maximum Gasteiger partial charge on any atom is 0.262 e. The topological polar surface area (TPSA) is 60.5 Å². The van der Waals surface area contributed by atoms with Gasteiger partial charge in [0.2, 0.25) is 5.88 Å². The Labute approximate surface area is 159 Å². The van der Waals surface area contributed by atoms with Crippen LogP contribution in [0.3, 0.4) is 0 Å². The Kier molecular flexibility index (Phi) is 5.71. The molecule has 3 rings (SSSR count). The number of carbonyl (C=O) groups excluding carboxylic acids is 1. The maximum atomic E-state index is 12.1. The van der Waals surface area contributed by atoms with Crippen LogP contribution in [0.15, 0.2) is 60.8 Å². The largest absolute Gasteiger partial charge is 0.483 e. The number of rotatable bonds is 6. The van der Waals surface area contributed by atoms with Gasteiger partial charge in [0.1, 0.15) is 11.5 Å². The summed E-state index contributed by atoms with van der Waals surface area (Å²) in [5, 5.41) is 2.77. The first kappa shape index (κ1) is 18.5. The fraction of sp³-hybridized carbons (Fsp3) is 0.182. The molecule has 0 bridgehead atoms. The molecule has 0 fully saturated rings. The Morgan fingerprint density at radius 3 is 2.30 bits per heavy atom. The maximum absolute atomic E-state index is 12.1. The number of hydrogen-bond donors (Lipinski definition) is 1. The zero-order valence-electron chi connectivity index (χ0n) is 15.7. The second kappa shape index (κ2) is 8.36. The molecular weight excluding hydrogens is 340 g/mol. The highest BCUT2D eigenvalue weighted by atomic mass is 16.5. The molecular formula is C22H22N2O3. The Morgan fingerprint density at radius 1 is 0.963 bits per heavy atom. The van der Waals surface area contributed by atoms with Crippen LogP contribution in [0, 0.1) is 20.8 Å². The Bertz CT molecular complexity index is 899. The van der Waals surface area contributed by atoms with E-state index < -0.39 is 0 Å². The summed E-state index contributed by atoms with van der Waals surface area (Å²) in [6, 6.07) is 17.0. The van der Waals surface area contributed by atoms with Crippen molar-refractivity contribution in [3.63, 3.8) is 0 Å². The molecule has 0 aliphatic carbocycles. The molecule has 3 aromatic rings. The highest BCUT2D eigenvalue weighted by Crippen LogP contribution is 2.23. The number of para-hydroxylation sites is 1. The molecule has 0 aliphatic heterocycles. The van der Waals surface area contributed by atoms with Crippen molar-refractivity contribution in [1.82, 2.24) is 4.98 Å². The van der Waals surface area contributed by atoms with Crippen molar-refractivity contribution in [2.45, 2.75) is 20.8 Å². The van der Waals surface area contributed by atoms with Crippen LogP contribution in [0.2, 0.25) is 0 Å². The molecule has 0 saturated carbocycles. The van der Waals surface area contributed by atoms with E-state index in [1.807, 2.05) is 63.2 Å². The highest BCUT2D eigenvalue weighted by Gasteiger charge is 2.08. The number of nitrogens with zero attached hydrogens (tertiary/aromatic N) is 1. The van der Waals surface area contributed by atoms with Gasteiger partial charge < -0.3 is 14.8 Å². The molecule has 1 aromatic heterocycles. The molecule has 5 heteroatoms. The van der Waals surface area contributed by atoms with Gasteiger partial charge in [-0.1, -0.05) is 35.9 Å². The number of benzene rings is 2. The number of aromatic nitrogens is 1. The Balaban J connectivity index is 1.54. The van der Waals surface area contributed by atoms with Gasteiger partial charge >= 0.3 is 0 Å². The summed E-state index contributed by atoms with van der Waals surface area (Å²) >= 11 is 0. The number of pyridine rings is 1. The van der Waals surface area contributed by atoms with E-state index in [2.05, 4.69) is 10.3 Å². The molecule has 1 N–H and O–H groups in total. The quantitative estimate of drug-likeness (QED) is 0.683. The van der Waals surface area contributed by atoms with E-state index in [4.69, 9.17) is 9.47 Å². The van der Waals surface area contributed by atoms with E-state index in [-0.39, 0.29) is 12.5 Å². The number of amides is 1.